The van der Waals surface area contributed by atoms with Gasteiger partial charge in [-0.3, -0.25) is 0 Å². The molecular formula is C16H17N3O2. The summed E-state index contributed by atoms with van der Waals surface area (Å²) in [7, 11) is 1.62. The first-order valence-corrected chi connectivity index (χ1v) is 6.54. The zero-order valence-corrected chi connectivity index (χ0v) is 11.8. The molecule has 0 saturated heterocycles. The summed E-state index contributed by atoms with van der Waals surface area (Å²) >= 11 is 0. The number of nitriles is 1. The van der Waals surface area contributed by atoms with E-state index in [9.17, 15) is 0 Å². The molecule has 0 unspecified atom stereocenters. The minimum Gasteiger partial charge on any atom is -0.497 e. The topological polar surface area (TPSA) is 66.3 Å². The molecule has 2 N–H and O–H groups in total. The van der Waals surface area contributed by atoms with Gasteiger partial charge in [-0.15, -0.1) is 0 Å². The summed E-state index contributed by atoms with van der Waals surface area (Å²) in [6.07, 6.45) is 0. The van der Waals surface area contributed by atoms with Crippen LogP contribution in [0.15, 0.2) is 48.5 Å². The van der Waals surface area contributed by atoms with E-state index in [2.05, 4.69) is 10.9 Å². The molecule has 0 heterocycles. The largest absolute Gasteiger partial charge is 0.497 e. The predicted octanol–water partition coefficient (Wildman–Crippen LogP) is 2.71. The van der Waals surface area contributed by atoms with Crippen LogP contribution in [0, 0.1) is 11.3 Å². The van der Waals surface area contributed by atoms with Crippen LogP contribution in [0.2, 0.25) is 0 Å². The lowest BCUT2D eigenvalue weighted by Gasteiger charge is -2.13. The van der Waals surface area contributed by atoms with Crippen molar-refractivity contribution in [2.45, 2.75) is 6.54 Å². The van der Waals surface area contributed by atoms with Crippen LogP contribution in [-0.4, -0.2) is 13.7 Å². The van der Waals surface area contributed by atoms with Gasteiger partial charge >= 0.3 is 0 Å². The van der Waals surface area contributed by atoms with E-state index in [-0.39, 0.29) is 6.61 Å². The van der Waals surface area contributed by atoms with E-state index in [4.69, 9.17) is 14.7 Å². The monoisotopic (exact) mass is 283 g/mol. The van der Waals surface area contributed by atoms with Gasteiger partial charge in [-0.2, -0.15) is 5.26 Å². The van der Waals surface area contributed by atoms with Crippen LogP contribution in [0.25, 0.3) is 0 Å². The lowest BCUT2D eigenvalue weighted by molar-refractivity contribution is 0.360. The van der Waals surface area contributed by atoms with Crippen LogP contribution < -0.4 is 20.3 Å². The first-order valence-electron chi connectivity index (χ1n) is 6.54. The van der Waals surface area contributed by atoms with Crippen molar-refractivity contribution in [1.29, 1.82) is 5.26 Å². The highest BCUT2D eigenvalue weighted by Gasteiger charge is 2.05. The van der Waals surface area contributed by atoms with Crippen LogP contribution >= 0.6 is 0 Å². The molecule has 2 aromatic rings. The van der Waals surface area contributed by atoms with Crippen molar-refractivity contribution in [1.82, 2.24) is 5.43 Å². The molecule has 5 heteroatoms. The van der Waals surface area contributed by atoms with Crippen molar-refractivity contribution in [2.24, 2.45) is 0 Å². The minimum atomic E-state index is 0.0193. The summed E-state index contributed by atoms with van der Waals surface area (Å²) < 4.78 is 10.6. The Kier molecular flexibility index (Phi) is 5.44. The second-order valence-corrected chi connectivity index (χ2v) is 4.27. The van der Waals surface area contributed by atoms with Gasteiger partial charge < -0.3 is 14.9 Å². The third kappa shape index (κ3) is 4.41. The van der Waals surface area contributed by atoms with Crippen LogP contribution in [0.5, 0.6) is 11.5 Å². The first-order chi connectivity index (χ1) is 10.3. The number of benzene rings is 2. The van der Waals surface area contributed by atoms with Crippen molar-refractivity contribution in [3.05, 3.63) is 54.1 Å². The zero-order valence-electron chi connectivity index (χ0n) is 11.8. The number of anilines is 1. The van der Waals surface area contributed by atoms with E-state index in [1.807, 2.05) is 42.5 Å². The third-order valence-electron chi connectivity index (χ3n) is 2.85. The number of hydrazine groups is 1. The predicted molar refractivity (Wildman–Crippen MR) is 81.0 cm³/mol. The zero-order chi connectivity index (χ0) is 14.9. The second kappa shape index (κ2) is 7.78. The van der Waals surface area contributed by atoms with E-state index < -0.39 is 0 Å². The maximum atomic E-state index is 8.62. The fourth-order valence-electron chi connectivity index (χ4n) is 1.83. The van der Waals surface area contributed by atoms with Crippen molar-refractivity contribution < 1.29 is 9.47 Å². The van der Waals surface area contributed by atoms with Gasteiger partial charge in [0.25, 0.3) is 0 Å². The third-order valence-corrected chi connectivity index (χ3v) is 2.85. The summed E-state index contributed by atoms with van der Waals surface area (Å²) in [5, 5.41) is 8.62. The van der Waals surface area contributed by atoms with Crippen molar-refractivity contribution in [2.75, 3.05) is 19.1 Å². The van der Waals surface area contributed by atoms with Crippen LogP contribution in [0.4, 0.5) is 5.69 Å². The van der Waals surface area contributed by atoms with E-state index in [0.29, 0.717) is 12.3 Å². The molecule has 108 valence electrons. The smallest absolute Gasteiger partial charge is 0.174 e. The fraction of sp³-hybridized carbons (Fsp3) is 0.188. The Morgan fingerprint density at radius 3 is 2.67 bits per heavy atom. The van der Waals surface area contributed by atoms with Crippen LogP contribution in [0.1, 0.15) is 5.56 Å². The average molecular weight is 283 g/mol. The fourth-order valence-corrected chi connectivity index (χ4v) is 1.83. The SMILES string of the molecule is COc1ccc(OCC#N)c(CNNc2ccccc2)c1. The first kappa shape index (κ1) is 14.7. The quantitative estimate of drug-likeness (QED) is 0.765. The molecule has 0 radical (unpaired) electrons. The molecule has 0 aromatic heterocycles. The Hall–Kier alpha value is -2.71. The maximum absolute atomic E-state index is 8.62. The van der Waals surface area contributed by atoms with Crippen LogP contribution in [0.3, 0.4) is 0 Å². The Morgan fingerprint density at radius 2 is 1.95 bits per heavy atom. The average Bonchev–Trinajstić information content (AvgIpc) is 2.54. The Morgan fingerprint density at radius 1 is 1.14 bits per heavy atom. The van der Waals surface area contributed by atoms with E-state index in [1.54, 1.807) is 19.2 Å². The van der Waals surface area contributed by atoms with Gasteiger partial charge in [0, 0.05) is 17.8 Å². The molecule has 2 rings (SSSR count). The Labute approximate surface area is 124 Å². The van der Waals surface area contributed by atoms with Gasteiger partial charge in [-0.05, 0) is 30.3 Å². The molecule has 0 bridgehead atoms. The number of para-hydroxylation sites is 1. The molecule has 0 aliphatic carbocycles. The number of nitrogens with one attached hydrogen (secondary N) is 2. The maximum Gasteiger partial charge on any atom is 0.174 e. The van der Waals surface area contributed by atoms with E-state index >= 15 is 0 Å². The number of hydrogen-bond acceptors (Lipinski definition) is 5. The summed E-state index contributed by atoms with van der Waals surface area (Å²) in [5.41, 5.74) is 8.10. The van der Waals surface area contributed by atoms with Gasteiger partial charge in [0.15, 0.2) is 6.61 Å². The molecule has 0 amide bonds. The Bertz CT molecular complexity index is 609. The van der Waals surface area contributed by atoms with Gasteiger partial charge in [0.05, 0.1) is 7.11 Å². The molecule has 0 aliphatic rings. The highest BCUT2D eigenvalue weighted by molar-refractivity contribution is 5.43. The molecule has 2 aromatic carbocycles. The number of rotatable bonds is 7. The van der Waals surface area contributed by atoms with Crippen molar-refractivity contribution in [3.8, 4) is 17.6 Å². The highest BCUT2D eigenvalue weighted by atomic mass is 16.5. The molecule has 21 heavy (non-hydrogen) atoms. The molecule has 5 nitrogen and oxygen atoms in total. The summed E-state index contributed by atoms with van der Waals surface area (Å²) in [6.45, 7) is 0.554. The van der Waals surface area contributed by atoms with Gasteiger partial charge in [-0.25, -0.2) is 5.43 Å². The summed E-state index contributed by atoms with van der Waals surface area (Å²) in [4.78, 5) is 0. The van der Waals surface area contributed by atoms with Crippen molar-refractivity contribution >= 4 is 5.69 Å². The minimum absolute atomic E-state index is 0.0193. The molecule has 0 atom stereocenters. The van der Waals surface area contributed by atoms with E-state index in [0.717, 1.165) is 17.0 Å². The lowest BCUT2D eigenvalue weighted by atomic mass is 10.2. The standard InChI is InChI=1S/C16H17N3O2/c1-20-15-7-8-16(21-10-9-17)13(11-15)12-18-19-14-5-3-2-4-6-14/h2-8,11,18-19H,10,12H2,1H3. The number of nitrogens with zero attached hydrogens (tertiary/aromatic N) is 1. The van der Waals surface area contributed by atoms with Crippen LogP contribution in [-0.2, 0) is 6.54 Å². The van der Waals surface area contributed by atoms with Gasteiger partial charge in [0.1, 0.15) is 17.6 Å². The number of methoxy groups -OCH3 is 1. The molecule has 0 fully saturated rings. The lowest BCUT2D eigenvalue weighted by Crippen LogP contribution is -2.21. The van der Waals surface area contributed by atoms with Gasteiger partial charge in [-0.1, -0.05) is 18.2 Å². The summed E-state index contributed by atoms with van der Waals surface area (Å²) in [5.74, 6) is 1.41. The molecule has 0 spiro atoms. The normalized spacial score (nSPS) is 9.71. The van der Waals surface area contributed by atoms with Crippen molar-refractivity contribution in [3.63, 3.8) is 0 Å². The molecular weight excluding hydrogens is 266 g/mol. The molecule has 0 saturated carbocycles. The number of hydrogen-bond donors (Lipinski definition) is 2. The highest BCUT2D eigenvalue weighted by Crippen LogP contribution is 2.24. The second-order valence-electron chi connectivity index (χ2n) is 4.27. The van der Waals surface area contributed by atoms with E-state index in [1.165, 1.54) is 0 Å². The Balaban J connectivity index is 2.01. The summed E-state index contributed by atoms with van der Waals surface area (Å²) in [6, 6.07) is 17.3. The van der Waals surface area contributed by atoms with Gasteiger partial charge in [0.2, 0.25) is 0 Å². The molecule has 0 aliphatic heterocycles. The number of ether oxygens (including phenoxy) is 2.